The van der Waals surface area contributed by atoms with Gasteiger partial charge in [0.2, 0.25) is 11.0 Å². The van der Waals surface area contributed by atoms with Crippen molar-refractivity contribution in [3.05, 3.63) is 94.0 Å². The molecule has 0 amide bonds. The lowest BCUT2D eigenvalue weighted by Gasteiger charge is -2.19. The number of aromatic hydroxyl groups is 1. The van der Waals surface area contributed by atoms with E-state index >= 15 is 0 Å². The van der Waals surface area contributed by atoms with Gasteiger partial charge in [-0.1, -0.05) is 60.3 Å². The fraction of sp³-hybridized carbons (Fsp3) is 0.0870. The van der Waals surface area contributed by atoms with Crippen molar-refractivity contribution in [3.8, 4) is 22.9 Å². The quantitative estimate of drug-likeness (QED) is 0.242. The molecule has 0 bridgehead atoms. The number of hydrogen-bond acceptors (Lipinski definition) is 9. The van der Waals surface area contributed by atoms with Crippen LogP contribution in [0.15, 0.2) is 78.0 Å². The van der Waals surface area contributed by atoms with Crippen molar-refractivity contribution in [3.63, 3.8) is 0 Å². The fourth-order valence-electron chi connectivity index (χ4n) is 3.43. The summed E-state index contributed by atoms with van der Waals surface area (Å²) >= 11 is 1.43. The Labute approximate surface area is 192 Å². The molecule has 0 saturated carbocycles. The van der Waals surface area contributed by atoms with E-state index in [0.29, 0.717) is 22.2 Å². The van der Waals surface area contributed by atoms with Gasteiger partial charge in [-0.3, -0.25) is 10.1 Å². The van der Waals surface area contributed by atoms with Gasteiger partial charge in [0, 0.05) is 28.6 Å². The van der Waals surface area contributed by atoms with Crippen LogP contribution in [0, 0.1) is 10.1 Å². The van der Waals surface area contributed by atoms with Crippen LogP contribution in [0.4, 0.5) is 11.4 Å². The largest absolute Gasteiger partial charge is 0.502 e. The summed E-state index contributed by atoms with van der Waals surface area (Å²) < 4.78 is 6.15. The molecule has 1 aliphatic heterocycles. The van der Waals surface area contributed by atoms with Gasteiger partial charge in [0.05, 0.1) is 4.92 Å². The Morgan fingerprint density at radius 2 is 1.85 bits per heavy atom. The number of nitro groups is 1. The number of nitro benzene ring substituents is 1. The van der Waals surface area contributed by atoms with Crippen molar-refractivity contribution < 1.29 is 14.8 Å². The number of hydrogen-bond donors (Lipinski definition) is 2. The van der Waals surface area contributed by atoms with Crippen molar-refractivity contribution in [2.24, 2.45) is 0 Å². The summed E-state index contributed by atoms with van der Waals surface area (Å²) in [5.41, 5.74) is 3.12. The number of phenolic OH excluding ortho intramolecular Hbond substituents is 1. The van der Waals surface area contributed by atoms with Crippen molar-refractivity contribution >= 4 is 23.1 Å². The summed E-state index contributed by atoms with van der Waals surface area (Å²) in [4.78, 5) is 15.2. The van der Waals surface area contributed by atoms with Crippen LogP contribution in [-0.2, 0) is 5.75 Å². The summed E-state index contributed by atoms with van der Waals surface area (Å²) in [6.07, 6.45) is -0.796. The number of rotatable bonds is 5. The SMILES string of the molecule is O=[N+]([O-])c1cc(C2Nc3ccccc3-c3nnc(SCc4ccccc4)nc3O2)ccc1O. The predicted octanol–water partition coefficient (Wildman–Crippen LogP) is 4.95. The number of ether oxygens (including phenoxy) is 1. The fourth-order valence-corrected chi connectivity index (χ4v) is 4.17. The zero-order valence-corrected chi connectivity index (χ0v) is 17.9. The summed E-state index contributed by atoms with van der Waals surface area (Å²) in [6.45, 7) is 0. The molecule has 2 heterocycles. The maximum atomic E-state index is 11.3. The van der Waals surface area contributed by atoms with Gasteiger partial charge in [0.15, 0.2) is 17.7 Å². The molecular weight excluding hydrogens is 442 g/mol. The average Bonchev–Trinajstić information content (AvgIpc) is 3.00. The molecule has 0 aliphatic carbocycles. The molecule has 3 aromatic carbocycles. The van der Waals surface area contributed by atoms with Gasteiger partial charge >= 0.3 is 5.69 Å². The minimum atomic E-state index is -0.796. The van der Waals surface area contributed by atoms with E-state index in [1.165, 1.54) is 23.9 Å². The third-order valence-electron chi connectivity index (χ3n) is 5.04. The molecule has 5 rings (SSSR count). The molecule has 10 heteroatoms. The molecule has 9 nitrogen and oxygen atoms in total. The Kier molecular flexibility index (Phi) is 5.49. The second kappa shape index (κ2) is 8.75. The van der Waals surface area contributed by atoms with Crippen LogP contribution in [0.5, 0.6) is 11.6 Å². The van der Waals surface area contributed by atoms with Gasteiger partial charge in [-0.15, -0.1) is 10.2 Å². The van der Waals surface area contributed by atoms with Crippen molar-refractivity contribution in [2.45, 2.75) is 17.1 Å². The van der Waals surface area contributed by atoms with E-state index in [0.717, 1.165) is 16.8 Å². The zero-order chi connectivity index (χ0) is 22.8. The number of thioether (sulfide) groups is 1. The minimum absolute atomic E-state index is 0.263. The van der Waals surface area contributed by atoms with Crippen molar-refractivity contribution in [2.75, 3.05) is 5.32 Å². The Morgan fingerprint density at radius 3 is 2.67 bits per heavy atom. The second-order valence-corrected chi connectivity index (χ2v) is 8.16. The predicted molar refractivity (Wildman–Crippen MR) is 123 cm³/mol. The van der Waals surface area contributed by atoms with Crippen LogP contribution in [0.2, 0.25) is 0 Å². The van der Waals surface area contributed by atoms with E-state index in [4.69, 9.17) is 4.74 Å². The molecule has 1 aliphatic rings. The third kappa shape index (κ3) is 4.28. The number of benzene rings is 3. The normalized spacial score (nSPS) is 14.2. The lowest BCUT2D eigenvalue weighted by atomic mass is 10.1. The smallest absolute Gasteiger partial charge is 0.311 e. The molecule has 1 aromatic heterocycles. The Hall–Kier alpha value is -4.18. The van der Waals surface area contributed by atoms with E-state index in [2.05, 4.69) is 20.5 Å². The molecular formula is C23H17N5O4S. The molecule has 0 fully saturated rings. The van der Waals surface area contributed by atoms with E-state index in [1.807, 2.05) is 54.6 Å². The highest BCUT2D eigenvalue weighted by molar-refractivity contribution is 7.98. The van der Waals surface area contributed by atoms with E-state index in [1.54, 1.807) is 6.07 Å². The Morgan fingerprint density at radius 1 is 1.06 bits per heavy atom. The van der Waals surface area contributed by atoms with Gasteiger partial charge in [0.1, 0.15) is 0 Å². The van der Waals surface area contributed by atoms with E-state index < -0.39 is 22.6 Å². The lowest BCUT2D eigenvalue weighted by molar-refractivity contribution is -0.386. The average molecular weight is 459 g/mol. The number of aromatic nitrogens is 3. The summed E-state index contributed by atoms with van der Waals surface area (Å²) in [5.74, 6) is 0.518. The minimum Gasteiger partial charge on any atom is -0.502 e. The van der Waals surface area contributed by atoms with Gasteiger partial charge in [-0.25, -0.2) is 0 Å². The molecule has 33 heavy (non-hydrogen) atoms. The standard InChI is InChI=1S/C23H17N5O4S/c29-19-11-10-15(12-18(19)28(30)31)21-24-17-9-5-4-8-16(17)20-22(32-21)25-23(27-26-20)33-13-14-6-2-1-3-7-14/h1-12,21,24,29H,13H2. The number of anilines is 1. The molecule has 0 radical (unpaired) electrons. The topological polar surface area (TPSA) is 123 Å². The van der Waals surface area contributed by atoms with Gasteiger partial charge < -0.3 is 15.2 Å². The maximum Gasteiger partial charge on any atom is 0.311 e. The molecule has 1 unspecified atom stereocenters. The highest BCUT2D eigenvalue weighted by atomic mass is 32.2. The first-order valence-corrected chi connectivity index (χ1v) is 11.0. The van der Waals surface area contributed by atoms with E-state index in [-0.39, 0.29) is 5.88 Å². The summed E-state index contributed by atoms with van der Waals surface area (Å²) in [5, 5.41) is 33.5. The first-order valence-electron chi connectivity index (χ1n) is 10.00. The highest BCUT2D eigenvalue weighted by Crippen LogP contribution is 2.40. The van der Waals surface area contributed by atoms with Crippen LogP contribution >= 0.6 is 11.8 Å². The summed E-state index contributed by atoms with van der Waals surface area (Å²) in [6, 6.07) is 21.5. The van der Waals surface area contributed by atoms with E-state index in [9.17, 15) is 15.2 Å². The monoisotopic (exact) mass is 459 g/mol. The number of para-hydroxylation sites is 1. The van der Waals surface area contributed by atoms with Gasteiger partial charge in [0.25, 0.3) is 0 Å². The Bertz CT molecular complexity index is 1340. The van der Waals surface area contributed by atoms with Crippen molar-refractivity contribution in [1.82, 2.24) is 15.2 Å². The summed E-state index contributed by atoms with van der Waals surface area (Å²) in [7, 11) is 0. The van der Waals surface area contributed by atoms with Crippen LogP contribution in [0.3, 0.4) is 0 Å². The lowest BCUT2D eigenvalue weighted by Crippen LogP contribution is -2.17. The number of phenols is 1. The molecule has 0 spiro atoms. The van der Waals surface area contributed by atoms with Gasteiger partial charge in [-0.05, 0) is 23.8 Å². The molecule has 164 valence electrons. The zero-order valence-electron chi connectivity index (χ0n) is 17.1. The first-order chi connectivity index (χ1) is 16.1. The first kappa shape index (κ1) is 20.7. The number of fused-ring (bicyclic) bond motifs is 3. The molecule has 0 saturated heterocycles. The van der Waals surface area contributed by atoms with Crippen molar-refractivity contribution in [1.29, 1.82) is 0 Å². The molecule has 4 aromatic rings. The van der Waals surface area contributed by atoms with Gasteiger partial charge in [-0.2, -0.15) is 4.98 Å². The Balaban J connectivity index is 1.52. The van der Waals surface area contributed by atoms with Crippen LogP contribution in [0.1, 0.15) is 17.4 Å². The van der Waals surface area contributed by atoms with Crippen LogP contribution in [0.25, 0.3) is 11.3 Å². The molecule has 1 atom stereocenters. The second-order valence-electron chi connectivity index (χ2n) is 7.22. The number of nitrogens with zero attached hydrogens (tertiary/aromatic N) is 4. The van der Waals surface area contributed by atoms with Crippen LogP contribution < -0.4 is 10.1 Å². The molecule has 2 N–H and O–H groups in total. The highest BCUT2D eigenvalue weighted by Gasteiger charge is 2.27. The number of nitrogens with one attached hydrogen (secondary N) is 1. The maximum absolute atomic E-state index is 11.3. The van der Waals surface area contributed by atoms with Crippen LogP contribution in [-0.4, -0.2) is 25.2 Å². The third-order valence-corrected chi connectivity index (χ3v) is 5.95.